The molecule has 54 valence electrons. The Hall–Kier alpha value is -0.0800. The number of epoxide rings is 1. The van der Waals surface area contributed by atoms with Crippen molar-refractivity contribution in [3.63, 3.8) is 0 Å². The highest BCUT2D eigenvalue weighted by Crippen LogP contribution is 2.08. The summed E-state index contributed by atoms with van der Waals surface area (Å²) in [6.07, 6.45) is 2.35. The van der Waals surface area contributed by atoms with Gasteiger partial charge in [0.15, 0.2) is 0 Å². The zero-order valence-electron chi connectivity index (χ0n) is 6.64. The molecule has 2 nitrogen and oxygen atoms in total. The minimum Gasteiger partial charge on any atom is -0.379 e. The first-order chi connectivity index (χ1) is 4.93. The average Bonchev–Trinajstić information content (AvgIpc) is 2.71. The van der Waals surface area contributed by atoms with E-state index >= 15 is 0 Å². The van der Waals surface area contributed by atoms with Crippen LogP contribution in [0.25, 0.3) is 0 Å². The molecule has 0 N–H and O–H groups in total. The Kier molecular flexibility index (Phi) is 2.43. The van der Waals surface area contributed by atoms with Gasteiger partial charge in [-0.2, -0.15) is 0 Å². The third kappa shape index (κ3) is 3.49. The lowest BCUT2D eigenvalue weighted by atomic mass is 10.4. The first-order valence-electron chi connectivity index (χ1n) is 4.13. The third-order valence-corrected chi connectivity index (χ3v) is 1.24. The number of rotatable bonds is 5. The van der Waals surface area contributed by atoms with Gasteiger partial charge < -0.3 is 9.47 Å². The predicted octanol–water partition coefficient (Wildman–Crippen LogP) is 1.20. The lowest BCUT2D eigenvalue weighted by Gasteiger charge is -1.97. The minimum atomic E-state index is 0.385. The third-order valence-electron chi connectivity index (χ3n) is 1.24. The largest absolute Gasteiger partial charge is 0.379 e. The quantitative estimate of drug-likeness (QED) is 0.413. The summed E-state index contributed by atoms with van der Waals surface area (Å²) >= 11 is 0. The van der Waals surface area contributed by atoms with Crippen LogP contribution < -0.4 is 0 Å². The van der Waals surface area contributed by atoms with Gasteiger partial charge in [-0.1, -0.05) is 13.3 Å². The highest BCUT2D eigenvalue weighted by Gasteiger charge is 2.21. The SMILES string of the molecule is [2H]CCCCOCC1CO1. The molecule has 1 unspecified atom stereocenters. The summed E-state index contributed by atoms with van der Waals surface area (Å²) in [6.45, 7) is 2.93. The second-order valence-corrected chi connectivity index (χ2v) is 2.24. The normalized spacial score (nSPS) is 25.8. The molecule has 0 aromatic heterocycles. The van der Waals surface area contributed by atoms with Crippen LogP contribution in [0.3, 0.4) is 0 Å². The second kappa shape index (κ2) is 3.85. The molecule has 9 heavy (non-hydrogen) atoms. The Morgan fingerprint density at radius 2 is 2.78 bits per heavy atom. The van der Waals surface area contributed by atoms with Crippen LogP contribution in [0.2, 0.25) is 0 Å². The minimum absolute atomic E-state index is 0.385. The Morgan fingerprint density at radius 1 is 1.89 bits per heavy atom. The number of unbranched alkanes of at least 4 members (excludes halogenated alkanes) is 1. The van der Waals surface area contributed by atoms with E-state index in [0.717, 1.165) is 32.7 Å². The maximum absolute atomic E-state index is 6.85. The molecule has 0 bridgehead atoms. The molecule has 1 aliphatic heterocycles. The van der Waals surface area contributed by atoms with Gasteiger partial charge in [-0.3, -0.25) is 0 Å². The zero-order chi connectivity index (χ0) is 7.23. The molecule has 0 saturated carbocycles. The highest BCUT2D eigenvalue weighted by molar-refractivity contribution is 4.66. The number of hydrogen-bond acceptors (Lipinski definition) is 2. The summed E-state index contributed by atoms with van der Waals surface area (Å²) in [5.74, 6) is 0. The van der Waals surface area contributed by atoms with Gasteiger partial charge in [-0.25, -0.2) is 0 Å². The first-order valence-corrected chi connectivity index (χ1v) is 3.42. The van der Waals surface area contributed by atoms with Crippen LogP contribution in [0.5, 0.6) is 0 Å². The topological polar surface area (TPSA) is 21.8 Å². The van der Waals surface area contributed by atoms with E-state index in [2.05, 4.69) is 0 Å². The molecule has 1 saturated heterocycles. The lowest BCUT2D eigenvalue weighted by molar-refractivity contribution is 0.114. The molecule has 0 aliphatic carbocycles. The van der Waals surface area contributed by atoms with Gasteiger partial charge in [-0.15, -0.1) is 0 Å². The first kappa shape index (κ1) is 5.69. The highest BCUT2D eigenvalue weighted by atomic mass is 16.6. The van der Waals surface area contributed by atoms with E-state index in [1.54, 1.807) is 0 Å². The fraction of sp³-hybridized carbons (Fsp3) is 1.00. The Balaban J connectivity index is 1.68. The van der Waals surface area contributed by atoms with E-state index in [-0.39, 0.29) is 0 Å². The molecular weight excluding hydrogens is 116 g/mol. The molecular formula is C7H14O2. The summed E-state index contributed by atoms with van der Waals surface area (Å²) in [6, 6.07) is 0. The summed E-state index contributed by atoms with van der Waals surface area (Å²) < 4.78 is 17.1. The van der Waals surface area contributed by atoms with Crippen LogP contribution in [0.15, 0.2) is 0 Å². The van der Waals surface area contributed by atoms with Gasteiger partial charge in [-0.05, 0) is 6.42 Å². The Bertz CT molecular complexity index is 83.7. The van der Waals surface area contributed by atoms with Crippen LogP contribution >= 0.6 is 0 Å². The van der Waals surface area contributed by atoms with Crippen molar-refractivity contribution in [1.29, 1.82) is 0 Å². The Labute approximate surface area is 57.6 Å². The molecule has 1 fully saturated rings. The summed E-state index contributed by atoms with van der Waals surface area (Å²) in [7, 11) is 0. The van der Waals surface area contributed by atoms with Crippen LogP contribution in [-0.2, 0) is 9.47 Å². The van der Waals surface area contributed by atoms with Crippen molar-refractivity contribution < 1.29 is 10.8 Å². The number of ether oxygens (including phenoxy) is 2. The van der Waals surface area contributed by atoms with Gasteiger partial charge in [0.2, 0.25) is 0 Å². The number of hydrogen-bond donors (Lipinski definition) is 0. The van der Waals surface area contributed by atoms with E-state index in [9.17, 15) is 0 Å². The molecule has 0 radical (unpaired) electrons. The molecule has 1 aliphatic rings. The fourth-order valence-electron chi connectivity index (χ4n) is 0.583. The van der Waals surface area contributed by atoms with Gasteiger partial charge >= 0.3 is 0 Å². The maximum atomic E-state index is 6.85. The monoisotopic (exact) mass is 131 g/mol. The van der Waals surface area contributed by atoms with Crippen molar-refractivity contribution in [3.05, 3.63) is 0 Å². The van der Waals surface area contributed by atoms with E-state index in [1.807, 2.05) is 0 Å². The molecule has 0 spiro atoms. The van der Waals surface area contributed by atoms with Crippen molar-refractivity contribution in [2.45, 2.75) is 25.8 Å². The van der Waals surface area contributed by atoms with Crippen molar-refractivity contribution in [3.8, 4) is 0 Å². The van der Waals surface area contributed by atoms with Crippen LogP contribution in [-0.4, -0.2) is 25.9 Å². The lowest BCUT2D eigenvalue weighted by Crippen LogP contribution is -2.01. The van der Waals surface area contributed by atoms with Crippen molar-refractivity contribution in [2.24, 2.45) is 0 Å². The molecule has 0 aromatic rings. The van der Waals surface area contributed by atoms with Gasteiger partial charge in [0.25, 0.3) is 0 Å². The van der Waals surface area contributed by atoms with Gasteiger partial charge in [0.1, 0.15) is 6.10 Å². The maximum Gasteiger partial charge on any atom is 0.104 e. The average molecular weight is 131 g/mol. The molecule has 0 amide bonds. The van der Waals surface area contributed by atoms with Crippen LogP contribution in [0.4, 0.5) is 0 Å². The standard InChI is InChI=1S/C7H14O2/c1-2-3-4-8-5-7-6-9-7/h7H,2-6H2,1H3/i1D. The Morgan fingerprint density at radius 3 is 3.44 bits per heavy atom. The molecule has 0 aromatic carbocycles. The molecule has 1 rings (SSSR count). The summed E-state index contributed by atoms with van der Waals surface area (Å²) in [4.78, 5) is 0. The van der Waals surface area contributed by atoms with E-state index in [0.29, 0.717) is 13.0 Å². The predicted molar refractivity (Wildman–Crippen MR) is 35.5 cm³/mol. The summed E-state index contributed by atoms with van der Waals surface area (Å²) in [5, 5.41) is 0. The van der Waals surface area contributed by atoms with Crippen molar-refractivity contribution in [1.82, 2.24) is 0 Å². The fourth-order valence-corrected chi connectivity index (χ4v) is 0.583. The smallest absolute Gasteiger partial charge is 0.104 e. The zero-order valence-corrected chi connectivity index (χ0v) is 5.64. The molecule has 1 atom stereocenters. The van der Waals surface area contributed by atoms with Gasteiger partial charge in [0.05, 0.1) is 13.2 Å². The van der Waals surface area contributed by atoms with E-state index < -0.39 is 0 Å². The van der Waals surface area contributed by atoms with Crippen LogP contribution in [0, 0.1) is 0 Å². The van der Waals surface area contributed by atoms with E-state index in [4.69, 9.17) is 10.8 Å². The van der Waals surface area contributed by atoms with Crippen molar-refractivity contribution >= 4 is 0 Å². The van der Waals surface area contributed by atoms with Crippen molar-refractivity contribution in [2.75, 3.05) is 19.8 Å². The van der Waals surface area contributed by atoms with Gasteiger partial charge in [0, 0.05) is 7.98 Å². The molecule has 2 heteroatoms. The second-order valence-electron chi connectivity index (χ2n) is 2.24. The molecule has 1 heterocycles. The van der Waals surface area contributed by atoms with Crippen LogP contribution in [0.1, 0.15) is 21.1 Å². The summed E-state index contributed by atoms with van der Waals surface area (Å²) in [5.41, 5.74) is 0. The van der Waals surface area contributed by atoms with E-state index in [1.165, 1.54) is 0 Å².